The van der Waals surface area contributed by atoms with Crippen LogP contribution in [-0.4, -0.2) is 41.9 Å². The van der Waals surface area contributed by atoms with Crippen LogP contribution in [0.1, 0.15) is 32.6 Å². The van der Waals surface area contributed by atoms with Gasteiger partial charge in [0.05, 0.1) is 25.9 Å². The first-order valence-electron chi connectivity index (χ1n) is 6.26. The molecule has 2 fully saturated rings. The van der Waals surface area contributed by atoms with Crippen molar-refractivity contribution in [1.29, 1.82) is 0 Å². The van der Waals surface area contributed by atoms with Crippen LogP contribution >= 0.6 is 0 Å². The lowest BCUT2D eigenvalue weighted by Crippen LogP contribution is -2.51. The van der Waals surface area contributed by atoms with Crippen LogP contribution in [0.2, 0.25) is 0 Å². The summed E-state index contributed by atoms with van der Waals surface area (Å²) in [5.74, 6) is -0.100. The van der Waals surface area contributed by atoms with Gasteiger partial charge in [0.2, 0.25) is 0 Å². The summed E-state index contributed by atoms with van der Waals surface area (Å²) in [5, 5.41) is 18.9. The lowest BCUT2D eigenvalue weighted by atomic mass is 9.86. The summed E-state index contributed by atoms with van der Waals surface area (Å²) in [6.45, 7) is 3.28. The zero-order valence-electron chi connectivity index (χ0n) is 9.89. The van der Waals surface area contributed by atoms with Crippen LogP contribution in [0, 0.1) is 11.8 Å². The average molecular weight is 230 g/mol. The maximum absolute atomic E-state index is 9.89. The molecule has 2 rings (SSSR count). The summed E-state index contributed by atoms with van der Waals surface area (Å²) in [5.41, 5.74) is 0. The van der Waals surface area contributed by atoms with Crippen molar-refractivity contribution in [1.82, 2.24) is 0 Å². The van der Waals surface area contributed by atoms with Crippen LogP contribution in [0.3, 0.4) is 0 Å². The molecule has 16 heavy (non-hydrogen) atoms. The number of aliphatic hydroxyl groups excluding tert-OH is 2. The minimum Gasteiger partial charge on any atom is -0.396 e. The molecule has 0 bridgehead atoms. The van der Waals surface area contributed by atoms with E-state index in [1.807, 2.05) is 0 Å². The van der Waals surface area contributed by atoms with E-state index in [0.29, 0.717) is 18.9 Å². The Labute approximate surface area is 96.6 Å². The van der Waals surface area contributed by atoms with E-state index in [2.05, 4.69) is 6.92 Å². The lowest BCUT2D eigenvalue weighted by molar-refractivity contribution is -0.307. The van der Waals surface area contributed by atoms with E-state index in [1.54, 1.807) is 0 Å². The van der Waals surface area contributed by atoms with Gasteiger partial charge in [-0.05, 0) is 12.3 Å². The Bertz CT molecular complexity index is 218. The Morgan fingerprint density at radius 2 is 2.06 bits per heavy atom. The van der Waals surface area contributed by atoms with E-state index in [0.717, 1.165) is 25.9 Å². The Morgan fingerprint density at radius 3 is 2.56 bits per heavy atom. The summed E-state index contributed by atoms with van der Waals surface area (Å²) in [6.07, 6.45) is 3.09. The maximum Gasteiger partial charge on any atom is 0.170 e. The highest BCUT2D eigenvalue weighted by Crippen LogP contribution is 2.38. The van der Waals surface area contributed by atoms with E-state index in [9.17, 15) is 5.11 Å². The summed E-state index contributed by atoms with van der Waals surface area (Å²) in [4.78, 5) is 0. The van der Waals surface area contributed by atoms with E-state index in [4.69, 9.17) is 14.6 Å². The monoisotopic (exact) mass is 230 g/mol. The van der Waals surface area contributed by atoms with Crippen LogP contribution in [0.5, 0.6) is 0 Å². The van der Waals surface area contributed by atoms with Crippen molar-refractivity contribution in [3.05, 3.63) is 0 Å². The number of hydrogen-bond acceptors (Lipinski definition) is 4. The van der Waals surface area contributed by atoms with Crippen molar-refractivity contribution in [2.45, 2.75) is 44.5 Å². The van der Waals surface area contributed by atoms with Gasteiger partial charge < -0.3 is 19.7 Å². The molecule has 94 valence electrons. The first kappa shape index (κ1) is 12.3. The standard InChI is InChI=1S/C12H22O4/c1-2-9-3-4-12(15-7-9)5-11(14)10(6-13)8-16-12/h9-11,13-14H,2-8H2,1H3/t9-,10+,11-,12-/m1/s1. The smallest absolute Gasteiger partial charge is 0.170 e. The van der Waals surface area contributed by atoms with Gasteiger partial charge in [0, 0.05) is 18.8 Å². The quantitative estimate of drug-likeness (QED) is 0.740. The van der Waals surface area contributed by atoms with Crippen molar-refractivity contribution < 1.29 is 19.7 Å². The molecule has 4 nitrogen and oxygen atoms in total. The normalized spacial score (nSPS) is 44.8. The molecule has 4 atom stereocenters. The van der Waals surface area contributed by atoms with Crippen LogP contribution in [0.4, 0.5) is 0 Å². The third-order valence-electron chi connectivity index (χ3n) is 3.95. The molecule has 2 aliphatic rings. The maximum atomic E-state index is 9.89. The molecule has 0 aromatic heterocycles. The van der Waals surface area contributed by atoms with Gasteiger partial charge in [-0.1, -0.05) is 13.3 Å². The van der Waals surface area contributed by atoms with E-state index >= 15 is 0 Å². The highest BCUT2D eigenvalue weighted by atomic mass is 16.7. The summed E-state index contributed by atoms with van der Waals surface area (Å²) >= 11 is 0. The molecule has 0 saturated carbocycles. The van der Waals surface area contributed by atoms with E-state index in [1.165, 1.54) is 0 Å². The number of aliphatic hydroxyl groups is 2. The second kappa shape index (κ2) is 5.00. The lowest BCUT2D eigenvalue weighted by Gasteiger charge is -2.45. The van der Waals surface area contributed by atoms with Gasteiger partial charge >= 0.3 is 0 Å². The zero-order chi connectivity index (χ0) is 11.6. The molecule has 0 aromatic carbocycles. The van der Waals surface area contributed by atoms with Gasteiger partial charge in [-0.25, -0.2) is 0 Å². The SMILES string of the molecule is CC[C@@H]1CC[C@@]2(C[C@@H](O)[C@@H](CO)CO2)OC1. The largest absolute Gasteiger partial charge is 0.396 e. The first-order chi connectivity index (χ1) is 7.69. The summed E-state index contributed by atoms with van der Waals surface area (Å²) < 4.78 is 11.5. The van der Waals surface area contributed by atoms with Crippen LogP contribution in [0.15, 0.2) is 0 Å². The van der Waals surface area contributed by atoms with Crippen molar-refractivity contribution in [2.75, 3.05) is 19.8 Å². The molecule has 2 aliphatic heterocycles. The van der Waals surface area contributed by atoms with Gasteiger partial charge in [0.1, 0.15) is 0 Å². The fourth-order valence-electron chi connectivity index (χ4n) is 2.53. The van der Waals surface area contributed by atoms with Gasteiger partial charge in [-0.3, -0.25) is 0 Å². The second-order valence-corrected chi connectivity index (χ2v) is 5.06. The molecular formula is C12H22O4. The Morgan fingerprint density at radius 1 is 1.31 bits per heavy atom. The number of rotatable bonds is 2. The third-order valence-corrected chi connectivity index (χ3v) is 3.95. The minimum atomic E-state index is -0.573. The van der Waals surface area contributed by atoms with Crippen molar-refractivity contribution >= 4 is 0 Å². The summed E-state index contributed by atoms with van der Waals surface area (Å²) in [7, 11) is 0. The molecule has 0 radical (unpaired) electrons. The fourth-order valence-corrected chi connectivity index (χ4v) is 2.53. The predicted octanol–water partition coefficient (Wildman–Crippen LogP) is 0.909. The second-order valence-electron chi connectivity index (χ2n) is 5.06. The highest BCUT2D eigenvalue weighted by Gasteiger charge is 2.44. The fraction of sp³-hybridized carbons (Fsp3) is 1.00. The average Bonchev–Trinajstić information content (AvgIpc) is 2.30. The molecule has 0 amide bonds. The minimum absolute atomic E-state index is 0.0190. The molecule has 0 unspecified atom stereocenters. The highest BCUT2D eigenvalue weighted by molar-refractivity contribution is 4.87. The van der Waals surface area contributed by atoms with Crippen LogP contribution in [0.25, 0.3) is 0 Å². The predicted molar refractivity (Wildman–Crippen MR) is 58.8 cm³/mol. The number of hydrogen-bond donors (Lipinski definition) is 2. The molecule has 0 aliphatic carbocycles. The van der Waals surface area contributed by atoms with E-state index in [-0.39, 0.29) is 12.5 Å². The van der Waals surface area contributed by atoms with Gasteiger partial charge in [0.15, 0.2) is 5.79 Å². The molecule has 1 spiro atoms. The third kappa shape index (κ3) is 2.40. The summed E-state index contributed by atoms with van der Waals surface area (Å²) in [6, 6.07) is 0. The zero-order valence-corrected chi connectivity index (χ0v) is 9.89. The van der Waals surface area contributed by atoms with Gasteiger partial charge in [-0.15, -0.1) is 0 Å². The molecule has 0 aromatic rings. The van der Waals surface area contributed by atoms with Crippen molar-refractivity contribution in [2.24, 2.45) is 11.8 Å². The van der Waals surface area contributed by atoms with E-state index < -0.39 is 11.9 Å². The van der Waals surface area contributed by atoms with Gasteiger partial charge in [0.25, 0.3) is 0 Å². The Kier molecular flexibility index (Phi) is 3.85. The molecule has 4 heteroatoms. The topological polar surface area (TPSA) is 58.9 Å². The van der Waals surface area contributed by atoms with Crippen LogP contribution in [-0.2, 0) is 9.47 Å². The Hall–Kier alpha value is -0.160. The van der Waals surface area contributed by atoms with Crippen molar-refractivity contribution in [3.8, 4) is 0 Å². The van der Waals surface area contributed by atoms with Crippen molar-refractivity contribution in [3.63, 3.8) is 0 Å². The molecular weight excluding hydrogens is 208 g/mol. The molecule has 2 heterocycles. The Balaban J connectivity index is 1.91. The first-order valence-corrected chi connectivity index (χ1v) is 6.26. The van der Waals surface area contributed by atoms with Gasteiger partial charge in [-0.2, -0.15) is 0 Å². The number of ether oxygens (including phenoxy) is 2. The van der Waals surface area contributed by atoms with Crippen LogP contribution < -0.4 is 0 Å². The molecule has 2 N–H and O–H groups in total. The molecule has 2 saturated heterocycles.